The summed E-state index contributed by atoms with van der Waals surface area (Å²) in [6, 6.07) is 0. The first-order valence-corrected chi connectivity index (χ1v) is 11.7. The van der Waals surface area contributed by atoms with E-state index in [0.29, 0.717) is 49.2 Å². The van der Waals surface area contributed by atoms with Crippen molar-refractivity contribution in [2.45, 2.75) is 63.4 Å². The van der Waals surface area contributed by atoms with E-state index in [4.69, 9.17) is 28.1 Å². The molecule has 0 bridgehead atoms. The fourth-order valence-corrected chi connectivity index (χ4v) is 7.38. The number of rotatable bonds is 3. The minimum Gasteiger partial charge on any atom is -0.460 e. The molecule has 0 radical (unpaired) electrons. The minimum atomic E-state index is -0.959. The molecule has 0 aromatic carbocycles. The van der Waals surface area contributed by atoms with E-state index in [-0.39, 0.29) is 29.6 Å². The molecule has 4 unspecified atom stereocenters. The van der Waals surface area contributed by atoms with Gasteiger partial charge >= 0.3 is 11.9 Å². The number of allylic oxidation sites excluding steroid dienone is 1. The zero-order chi connectivity index (χ0) is 24.0. The molecule has 5 aliphatic rings. The van der Waals surface area contributed by atoms with E-state index < -0.39 is 40.8 Å². The number of carbonyl (C=O) groups excluding carboxylic acids is 3. The fraction of sp³-hybridized carbons (Fsp3) is 0.640. The molecule has 34 heavy (non-hydrogen) atoms. The Kier molecular flexibility index (Phi) is 4.54. The summed E-state index contributed by atoms with van der Waals surface area (Å²) in [5.74, 6) is -2.17. The van der Waals surface area contributed by atoms with Gasteiger partial charge in [-0.2, -0.15) is 0 Å². The van der Waals surface area contributed by atoms with Crippen molar-refractivity contribution in [2.75, 3.05) is 26.9 Å². The van der Waals surface area contributed by atoms with Gasteiger partial charge < -0.3 is 28.1 Å². The number of fused-ring (bicyclic) bond motifs is 4. The highest BCUT2D eigenvalue weighted by molar-refractivity contribution is 6.13. The average Bonchev–Trinajstić information content (AvgIpc) is 3.49. The van der Waals surface area contributed by atoms with Gasteiger partial charge in [0, 0.05) is 37.0 Å². The van der Waals surface area contributed by atoms with Crippen LogP contribution in [0.5, 0.6) is 0 Å². The largest absolute Gasteiger partial charge is 0.460 e. The lowest BCUT2D eigenvalue weighted by molar-refractivity contribution is -0.232. The molecule has 3 heterocycles. The van der Waals surface area contributed by atoms with Gasteiger partial charge in [-0.25, -0.2) is 4.79 Å². The number of furan rings is 1. The van der Waals surface area contributed by atoms with E-state index >= 15 is 0 Å². The van der Waals surface area contributed by atoms with Gasteiger partial charge in [-0.1, -0.05) is 6.92 Å². The van der Waals surface area contributed by atoms with Gasteiger partial charge in [-0.05, 0) is 31.3 Å². The molecule has 1 aromatic rings. The van der Waals surface area contributed by atoms with Crippen LogP contribution in [0.4, 0.5) is 0 Å². The highest BCUT2D eigenvalue weighted by atomic mass is 16.7. The second-order valence-corrected chi connectivity index (χ2v) is 10.3. The number of ketones is 1. The molecule has 0 amide bonds. The summed E-state index contributed by atoms with van der Waals surface area (Å²) in [5, 5.41) is 0. The molecule has 9 heteroatoms. The molecule has 182 valence electrons. The molecule has 6 rings (SSSR count). The van der Waals surface area contributed by atoms with E-state index in [1.807, 2.05) is 6.92 Å². The summed E-state index contributed by atoms with van der Waals surface area (Å²) in [7, 11) is 1.53. The molecule has 2 fully saturated rings. The molecule has 1 spiro atoms. The summed E-state index contributed by atoms with van der Waals surface area (Å²) >= 11 is 0. The lowest BCUT2D eigenvalue weighted by atomic mass is 9.53. The third-order valence-electron chi connectivity index (χ3n) is 8.79. The molecular formula is C25H28O9. The standard InChI is InChI=1S/C25H28O9/c1-12(26)33-15-9-23(2)14(5-6-25(23)31-7-8-32-25)17-19(15)24(3)16(11-29-4)34-22(28)13-10-30-21(18(13)24)20(17)27/h10,14-16H,5-9,11H2,1-4H3/t14-,15?,16?,23?,24?/m0/s1. The molecule has 1 aromatic heterocycles. The van der Waals surface area contributed by atoms with Crippen LogP contribution in [-0.4, -0.2) is 62.6 Å². The highest BCUT2D eigenvalue weighted by Gasteiger charge is 2.69. The van der Waals surface area contributed by atoms with Crippen LogP contribution in [-0.2, 0) is 33.9 Å². The first kappa shape index (κ1) is 22.0. The third kappa shape index (κ3) is 2.47. The smallest absolute Gasteiger partial charge is 0.342 e. The van der Waals surface area contributed by atoms with Crippen LogP contribution in [0.15, 0.2) is 21.8 Å². The predicted molar refractivity (Wildman–Crippen MR) is 114 cm³/mol. The average molecular weight is 472 g/mol. The number of hydrogen-bond donors (Lipinski definition) is 0. The van der Waals surface area contributed by atoms with Crippen LogP contribution in [0.2, 0.25) is 0 Å². The lowest BCUT2D eigenvalue weighted by Gasteiger charge is -2.54. The highest BCUT2D eigenvalue weighted by Crippen LogP contribution is 2.66. The number of cyclic esters (lactones) is 1. The number of carbonyl (C=O) groups is 3. The van der Waals surface area contributed by atoms with E-state index in [1.165, 1.54) is 20.3 Å². The Hall–Kier alpha value is -2.49. The first-order valence-electron chi connectivity index (χ1n) is 11.7. The Morgan fingerprint density at radius 3 is 2.62 bits per heavy atom. The fourth-order valence-electron chi connectivity index (χ4n) is 7.38. The normalized spacial score (nSPS) is 37.4. The molecular weight excluding hydrogens is 444 g/mol. The summed E-state index contributed by atoms with van der Waals surface area (Å²) < 4.78 is 35.2. The summed E-state index contributed by atoms with van der Waals surface area (Å²) in [6.45, 7) is 6.42. The zero-order valence-corrected chi connectivity index (χ0v) is 19.7. The molecule has 9 nitrogen and oxygen atoms in total. The molecule has 1 saturated carbocycles. The van der Waals surface area contributed by atoms with E-state index in [2.05, 4.69) is 6.92 Å². The molecule has 3 aliphatic carbocycles. The maximum Gasteiger partial charge on any atom is 0.342 e. The summed E-state index contributed by atoms with van der Waals surface area (Å²) in [5.41, 5.74) is 0.408. The van der Waals surface area contributed by atoms with Crippen LogP contribution in [0, 0.1) is 11.3 Å². The summed E-state index contributed by atoms with van der Waals surface area (Å²) in [4.78, 5) is 39.1. The Bertz CT molecular complexity index is 1140. The Morgan fingerprint density at radius 2 is 1.94 bits per heavy atom. The van der Waals surface area contributed by atoms with Crippen molar-refractivity contribution < 1.29 is 42.5 Å². The number of hydrogen-bond acceptors (Lipinski definition) is 9. The van der Waals surface area contributed by atoms with Crippen LogP contribution < -0.4 is 0 Å². The minimum absolute atomic E-state index is 0.113. The lowest BCUT2D eigenvalue weighted by Crippen LogP contribution is -2.59. The molecule has 1 saturated heterocycles. The second-order valence-electron chi connectivity index (χ2n) is 10.3. The van der Waals surface area contributed by atoms with Crippen molar-refractivity contribution in [3.8, 4) is 0 Å². The predicted octanol–water partition coefficient (Wildman–Crippen LogP) is 2.71. The van der Waals surface area contributed by atoms with Gasteiger partial charge in [-0.3, -0.25) is 9.59 Å². The zero-order valence-electron chi connectivity index (χ0n) is 19.7. The maximum absolute atomic E-state index is 14.0. The SMILES string of the molecule is COCC1OC(=O)c2coc3c2C1(C)C1=C(C3=O)[C@@H]2CCC3(OCCO3)C2(C)CC1OC(C)=O. The van der Waals surface area contributed by atoms with Crippen LogP contribution >= 0.6 is 0 Å². The van der Waals surface area contributed by atoms with E-state index in [0.717, 1.165) is 0 Å². The number of Topliss-reactive ketones (excluding diaryl/α,β-unsaturated/α-hetero) is 1. The van der Waals surface area contributed by atoms with Gasteiger partial charge in [0.25, 0.3) is 0 Å². The van der Waals surface area contributed by atoms with Gasteiger partial charge in [0.05, 0.1) is 25.2 Å². The van der Waals surface area contributed by atoms with Gasteiger partial charge in [0.1, 0.15) is 24.0 Å². The van der Waals surface area contributed by atoms with Crippen molar-refractivity contribution in [3.63, 3.8) is 0 Å². The second kappa shape index (κ2) is 7.02. The van der Waals surface area contributed by atoms with Crippen molar-refractivity contribution in [2.24, 2.45) is 11.3 Å². The monoisotopic (exact) mass is 472 g/mol. The number of ether oxygens (including phenoxy) is 5. The first-order chi connectivity index (χ1) is 16.2. The quantitative estimate of drug-likeness (QED) is 0.613. The Labute approximate surface area is 196 Å². The Morgan fingerprint density at radius 1 is 1.21 bits per heavy atom. The van der Waals surface area contributed by atoms with Gasteiger partial charge in [0.15, 0.2) is 11.5 Å². The molecule has 5 atom stereocenters. The molecule has 2 aliphatic heterocycles. The van der Waals surface area contributed by atoms with E-state index in [9.17, 15) is 14.4 Å². The third-order valence-corrected chi connectivity index (χ3v) is 8.79. The van der Waals surface area contributed by atoms with E-state index in [1.54, 1.807) is 0 Å². The topological polar surface area (TPSA) is 111 Å². The maximum atomic E-state index is 14.0. The van der Waals surface area contributed by atoms with Gasteiger partial charge in [-0.15, -0.1) is 0 Å². The molecule has 0 N–H and O–H groups in total. The van der Waals surface area contributed by atoms with Crippen molar-refractivity contribution in [3.05, 3.63) is 34.3 Å². The number of methoxy groups -OCH3 is 1. The van der Waals surface area contributed by atoms with Crippen LogP contribution in [0.25, 0.3) is 0 Å². The van der Waals surface area contributed by atoms with Crippen LogP contribution in [0.1, 0.15) is 66.5 Å². The van der Waals surface area contributed by atoms with Crippen molar-refractivity contribution >= 4 is 17.7 Å². The van der Waals surface area contributed by atoms with Crippen LogP contribution in [0.3, 0.4) is 0 Å². The Balaban J connectivity index is 1.62. The van der Waals surface area contributed by atoms with Gasteiger partial charge in [0.2, 0.25) is 5.78 Å². The summed E-state index contributed by atoms with van der Waals surface area (Å²) in [6.07, 6.45) is 1.59. The van der Waals surface area contributed by atoms with Crippen molar-refractivity contribution in [1.82, 2.24) is 0 Å². The van der Waals surface area contributed by atoms with Crippen molar-refractivity contribution in [1.29, 1.82) is 0 Å². The number of esters is 2.